The van der Waals surface area contributed by atoms with Gasteiger partial charge in [0.1, 0.15) is 16.5 Å². The third-order valence-corrected chi connectivity index (χ3v) is 7.06. The third-order valence-electron chi connectivity index (χ3n) is 5.96. The predicted molar refractivity (Wildman–Crippen MR) is 118 cm³/mol. The molecule has 1 aromatic carbocycles. The number of imidazole rings is 1. The van der Waals surface area contributed by atoms with Crippen molar-refractivity contribution in [2.45, 2.75) is 45.6 Å². The van der Waals surface area contributed by atoms with Gasteiger partial charge in [-0.1, -0.05) is 12.1 Å². The number of hydrogen-bond donors (Lipinski definition) is 2. The number of amides is 1. The molecule has 154 valence electrons. The molecule has 7 nitrogen and oxygen atoms in total. The van der Waals surface area contributed by atoms with Gasteiger partial charge in [-0.3, -0.25) is 9.59 Å². The molecule has 1 saturated heterocycles. The van der Waals surface area contributed by atoms with Crippen molar-refractivity contribution in [1.29, 1.82) is 0 Å². The lowest BCUT2D eigenvalue weighted by molar-refractivity contribution is -0.132. The molecule has 0 spiro atoms. The number of H-pyrrole nitrogens is 2. The minimum Gasteiger partial charge on any atom is -0.340 e. The molecule has 2 N–H and O–H groups in total. The minimum atomic E-state index is -0.120. The first-order chi connectivity index (χ1) is 14.5. The number of hydrogen-bond acceptors (Lipinski definition) is 5. The van der Waals surface area contributed by atoms with Gasteiger partial charge in [0.25, 0.3) is 5.56 Å². The third kappa shape index (κ3) is 3.21. The van der Waals surface area contributed by atoms with Crippen LogP contribution in [0.4, 0.5) is 0 Å². The molecule has 1 atom stereocenters. The van der Waals surface area contributed by atoms with Gasteiger partial charge in [-0.05, 0) is 44.4 Å². The summed E-state index contributed by atoms with van der Waals surface area (Å²) < 4.78 is 0. The Labute approximate surface area is 177 Å². The predicted octanol–water partition coefficient (Wildman–Crippen LogP) is 3.77. The number of fused-ring (bicyclic) bond motifs is 2. The average Bonchev–Trinajstić information content (AvgIpc) is 3.43. The zero-order valence-electron chi connectivity index (χ0n) is 17.0. The fourth-order valence-electron chi connectivity index (χ4n) is 4.27. The summed E-state index contributed by atoms with van der Waals surface area (Å²) in [7, 11) is 0. The second-order valence-corrected chi connectivity index (χ2v) is 9.06. The Morgan fingerprint density at radius 1 is 1.23 bits per heavy atom. The minimum absolute atomic E-state index is 0.0259. The van der Waals surface area contributed by atoms with E-state index in [0.29, 0.717) is 24.1 Å². The van der Waals surface area contributed by atoms with Gasteiger partial charge in [0.2, 0.25) is 5.91 Å². The normalized spacial score (nSPS) is 16.7. The lowest BCUT2D eigenvalue weighted by atomic mass is 10.2. The van der Waals surface area contributed by atoms with Crippen LogP contribution in [-0.2, 0) is 11.2 Å². The molecule has 0 radical (unpaired) electrons. The van der Waals surface area contributed by atoms with Gasteiger partial charge in [-0.2, -0.15) is 0 Å². The van der Waals surface area contributed by atoms with Crippen molar-refractivity contribution in [2.75, 3.05) is 6.54 Å². The quantitative estimate of drug-likeness (QED) is 0.524. The zero-order valence-corrected chi connectivity index (χ0v) is 17.8. The van der Waals surface area contributed by atoms with Gasteiger partial charge in [-0.25, -0.2) is 9.97 Å². The number of carbonyl (C=O) groups excluding carboxylic acids is 1. The molecule has 1 fully saturated rings. The van der Waals surface area contributed by atoms with Crippen molar-refractivity contribution in [3.63, 3.8) is 0 Å². The average molecular weight is 422 g/mol. The highest BCUT2D eigenvalue weighted by Gasteiger charge is 2.31. The van der Waals surface area contributed by atoms with Crippen LogP contribution in [0.25, 0.3) is 21.3 Å². The van der Waals surface area contributed by atoms with E-state index >= 15 is 0 Å². The van der Waals surface area contributed by atoms with Crippen molar-refractivity contribution in [2.24, 2.45) is 0 Å². The van der Waals surface area contributed by atoms with E-state index in [0.717, 1.165) is 51.5 Å². The summed E-state index contributed by atoms with van der Waals surface area (Å²) in [5, 5.41) is 0.664. The first-order valence-electron chi connectivity index (χ1n) is 10.2. The number of aromatic amines is 2. The van der Waals surface area contributed by atoms with Gasteiger partial charge < -0.3 is 14.9 Å². The molecule has 5 rings (SSSR count). The van der Waals surface area contributed by atoms with E-state index in [2.05, 4.69) is 15.0 Å². The molecular formula is C22H23N5O2S. The fraction of sp³-hybridized carbons (Fsp3) is 0.364. The number of likely N-dealkylation sites (tertiary alicyclic amines) is 1. The van der Waals surface area contributed by atoms with E-state index in [-0.39, 0.29) is 17.5 Å². The Balaban J connectivity index is 1.33. The Morgan fingerprint density at radius 2 is 2.07 bits per heavy atom. The molecule has 0 saturated carbocycles. The molecule has 1 aliphatic heterocycles. The zero-order chi connectivity index (χ0) is 20.8. The van der Waals surface area contributed by atoms with Gasteiger partial charge in [-0.15, -0.1) is 11.3 Å². The molecule has 1 amide bonds. The van der Waals surface area contributed by atoms with E-state index in [4.69, 9.17) is 4.98 Å². The van der Waals surface area contributed by atoms with Crippen LogP contribution in [0.5, 0.6) is 0 Å². The maximum Gasteiger partial charge on any atom is 0.259 e. The number of thiophene rings is 1. The van der Waals surface area contributed by atoms with Crippen LogP contribution < -0.4 is 5.56 Å². The molecular weight excluding hydrogens is 398 g/mol. The van der Waals surface area contributed by atoms with Crippen molar-refractivity contribution in [3.8, 4) is 0 Å². The first-order valence-corrected chi connectivity index (χ1v) is 11.1. The monoisotopic (exact) mass is 421 g/mol. The van der Waals surface area contributed by atoms with E-state index in [1.165, 1.54) is 11.3 Å². The highest BCUT2D eigenvalue weighted by Crippen LogP contribution is 2.32. The summed E-state index contributed by atoms with van der Waals surface area (Å²) in [5.74, 6) is 1.49. The number of nitrogens with one attached hydrogen (secondary N) is 2. The Kier molecular flexibility index (Phi) is 4.66. The summed E-state index contributed by atoms with van der Waals surface area (Å²) in [6.07, 6.45) is 2.60. The molecule has 30 heavy (non-hydrogen) atoms. The Bertz CT molecular complexity index is 1290. The number of carbonyl (C=O) groups is 1. The molecule has 1 unspecified atom stereocenters. The van der Waals surface area contributed by atoms with E-state index < -0.39 is 0 Å². The second kappa shape index (κ2) is 7.36. The second-order valence-electron chi connectivity index (χ2n) is 7.86. The fourth-order valence-corrected chi connectivity index (χ4v) is 5.32. The number of rotatable bonds is 4. The largest absolute Gasteiger partial charge is 0.340 e. The summed E-state index contributed by atoms with van der Waals surface area (Å²) in [6, 6.07) is 7.89. The van der Waals surface area contributed by atoms with E-state index in [1.807, 2.05) is 43.0 Å². The summed E-state index contributed by atoms with van der Waals surface area (Å²) in [5.41, 5.74) is 2.77. The van der Waals surface area contributed by atoms with Crippen LogP contribution >= 0.6 is 11.3 Å². The maximum absolute atomic E-state index is 13.0. The van der Waals surface area contributed by atoms with Gasteiger partial charge in [0.15, 0.2) is 0 Å². The highest BCUT2D eigenvalue weighted by molar-refractivity contribution is 7.18. The topological polar surface area (TPSA) is 94.7 Å². The number of benzene rings is 1. The van der Waals surface area contributed by atoms with Crippen LogP contribution in [0.2, 0.25) is 0 Å². The Morgan fingerprint density at radius 3 is 2.90 bits per heavy atom. The maximum atomic E-state index is 13.0. The van der Waals surface area contributed by atoms with Crippen LogP contribution in [-0.4, -0.2) is 37.3 Å². The summed E-state index contributed by atoms with van der Waals surface area (Å²) in [4.78, 5) is 44.7. The molecule has 4 heterocycles. The van der Waals surface area contributed by atoms with Crippen molar-refractivity contribution < 1.29 is 4.79 Å². The first kappa shape index (κ1) is 19.0. The Hall–Kier alpha value is -3.00. The van der Waals surface area contributed by atoms with E-state index in [9.17, 15) is 9.59 Å². The number of para-hydroxylation sites is 2. The van der Waals surface area contributed by atoms with E-state index in [1.54, 1.807) is 0 Å². The van der Waals surface area contributed by atoms with Gasteiger partial charge in [0, 0.05) is 24.3 Å². The lowest BCUT2D eigenvalue weighted by Crippen LogP contribution is -2.31. The van der Waals surface area contributed by atoms with Crippen molar-refractivity contribution in [3.05, 3.63) is 56.7 Å². The highest BCUT2D eigenvalue weighted by atomic mass is 32.1. The van der Waals surface area contributed by atoms with Crippen LogP contribution in [0, 0.1) is 13.8 Å². The summed E-state index contributed by atoms with van der Waals surface area (Å²) in [6.45, 7) is 4.67. The standard InChI is InChI=1S/C22H23N5O2S/c1-12-13(2)30-22-19(12)21(29)25-17(26-22)9-10-18(28)27-11-5-8-16(27)20-23-14-6-3-4-7-15(14)24-20/h3-4,6-7,16H,5,8-11H2,1-2H3,(H,23,24)(H,25,26,29). The molecule has 0 bridgehead atoms. The van der Waals surface area contributed by atoms with Crippen molar-refractivity contribution in [1.82, 2.24) is 24.8 Å². The van der Waals surface area contributed by atoms with Crippen LogP contribution in [0.3, 0.4) is 0 Å². The van der Waals surface area contributed by atoms with Crippen molar-refractivity contribution >= 4 is 38.5 Å². The molecule has 4 aromatic rings. The van der Waals surface area contributed by atoms with Gasteiger partial charge >= 0.3 is 0 Å². The SMILES string of the molecule is Cc1sc2nc(CCC(=O)N3CCCC3c3nc4ccccc4[nH]3)[nH]c(=O)c2c1C. The molecule has 3 aromatic heterocycles. The molecule has 8 heteroatoms. The van der Waals surface area contributed by atoms with Crippen LogP contribution in [0.1, 0.15) is 47.4 Å². The number of nitrogens with zero attached hydrogens (tertiary/aromatic N) is 3. The summed E-state index contributed by atoms with van der Waals surface area (Å²) >= 11 is 1.53. The van der Waals surface area contributed by atoms with Crippen LogP contribution in [0.15, 0.2) is 29.1 Å². The number of aromatic nitrogens is 4. The molecule has 1 aliphatic rings. The smallest absolute Gasteiger partial charge is 0.259 e. The number of aryl methyl sites for hydroxylation is 3. The van der Waals surface area contributed by atoms with Gasteiger partial charge in [0.05, 0.1) is 22.5 Å². The lowest BCUT2D eigenvalue weighted by Gasteiger charge is -2.23. The molecule has 0 aliphatic carbocycles.